The van der Waals surface area contributed by atoms with Crippen LogP contribution in [0.25, 0.3) is 0 Å². The lowest BCUT2D eigenvalue weighted by Crippen LogP contribution is -2.03. The van der Waals surface area contributed by atoms with Crippen molar-refractivity contribution in [1.29, 1.82) is 0 Å². The molecule has 0 aromatic heterocycles. The van der Waals surface area contributed by atoms with Crippen LogP contribution in [0.4, 0.5) is 4.39 Å². The van der Waals surface area contributed by atoms with Crippen molar-refractivity contribution in [3.63, 3.8) is 0 Å². The number of rotatable bonds is 3. The molecule has 0 spiro atoms. The number of hydrogen-bond acceptors (Lipinski definition) is 3. The maximum atomic E-state index is 13.0. The number of halogens is 3. The van der Waals surface area contributed by atoms with E-state index in [9.17, 15) is 12.8 Å². The minimum absolute atomic E-state index is 0.122. The fraction of sp³-hybridized carbons (Fsp3) is 0.250. The highest BCUT2D eigenvalue weighted by Crippen LogP contribution is 2.25. The van der Waals surface area contributed by atoms with Crippen LogP contribution in [0.3, 0.4) is 0 Å². The molecule has 1 aromatic carbocycles. The lowest BCUT2D eigenvalue weighted by atomic mass is 10.2. The predicted molar refractivity (Wildman–Crippen MR) is 56.1 cm³/mol. The highest BCUT2D eigenvalue weighted by atomic mass is 35.5. The molecule has 84 valence electrons. The molecule has 1 rings (SSSR count). The van der Waals surface area contributed by atoms with Gasteiger partial charge in [0.15, 0.2) is 0 Å². The Balaban J connectivity index is 2.91. The first-order chi connectivity index (χ1) is 6.79. The molecule has 0 bridgehead atoms. The molecule has 0 unspecified atom stereocenters. The summed E-state index contributed by atoms with van der Waals surface area (Å²) in [6.07, 6.45) is 0.896. The molecular formula is C8H7Cl2FO3S. The van der Waals surface area contributed by atoms with Gasteiger partial charge in [0.2, 0.25) is 0 Å². The van der Waals surface area contributed by atoms with Crippen LogP contribution in [0, 0.1) is 5.82 Å². The Labute approximate surface area is 96.9 Å². The number of benzene rings is 1. The predicted octanol–water partition coefficient (Wildman–Crippen LogP) is 2.61. The maximum absolute atomic E-state index is 13.0. The van der Waals surface area contributed by atoms with E-state index in [0.717, 1.165) is 12.3 Å². The highest BCUT2D eigenvalue weighted by Gasteiger charge is 2.09. The van der Waals surface area contributed by atoms with Gasteiger partial charge in [0.1, 0.15) is 5.82 Å². The molecule has 0 aliphatic rings. The van der Waals surface area contributed by atoms with Gasteiger partial charge in [0.05, 0.1) is 17.9 Å². The largest absolute Gasteiger partial charge is 0.265 e. The van der Waals surface area contributed by atoms with Crippen LogP contribution in [0.5, 0.6) is 0 Å². The highest BCUT2D eigenvalue weighted by molar-refractivity contribution is 7.85. The Bertz CT molecular complexity index is 473. The molecular weight excluding hydrogens is 266 g/mol. The summed E-state index contributed by atoms with van der Waals surface area (Å²) < 4.78 is 38.8. The fourth-order valence-corrected chi connectivity index (χ4v) is 1.62. The van der Waals surface area contributed by atoms with Crippen molar-refractivity contribution in [2.75, 3.05) is 6.26 Å². The van der Waals surface area contributed by atoms with E-state index in [2.05, 4.69) is 4.18 Å². The first-order valence-electron chi connectivity index (χ1n) is 3.77. The smallest absolute Gasteiger partial charge is 0.264 e. The Morgan fingerprint density at radius 2 is 1.93 bits per heavy atom. The molecule has 0 saturated carbocycles. The molecule has 0 fully saturated rings. The average Bonchev–Trinajstić information content (AvgIpc) is 2.07. The Hall–Kier alpha value is -0.360. The van der Waals surface area contributed by atoms with Crippen molar-refractivity contribution < 1.29 is 17.0 Å². The molecule has 1 aromatic rings. The molecule has 0 amide bonds. The van der Waals surface area contributed by atoms with E-state index in [4.69, 9.17) is 23.2 Å². The monoisotopic (exact) mass is 272 g/mol. The van der Waals surface area contributed by atoms with Crippen molar-refractivity contribution in [3.8, 4) is 0 Å². The fourth-order valence-electron chi connectivity index (χ4n) is 0.845. The van der Waals surface area contributed by atoms with E-state index in [1.165, 1.54) is 6.07 Å². The van der Waals surface area contributed by atoms with E-state index in [-0.39, 0.29) is 22.2 Å². The van der Waals surface area contributed by atoms with Crippen molar-refractivity contribution in [2.24, 2.45) is 0 Å². The van der Waals surface area contributed by atoms with Gasteiger partial charge in [-0.3, -0.25) is 4.18 Å². The third-order valence-corrected chi connectivity index (χ3v) is 2.71. The molecule has 7 heteroatoms. The third-order valence-electron chi connectivity index (χ3n) is 1.52. The summed E-state index contributed by atoms with van der Waals surface area (Å²) in [5.74, 6) is -0.673. The molecule has 0 aliphatic heterocycles. The van der Waals surface area contributed by atoms with Gasteiger partial charge in [-0.15, -0.1) is 0 Å². The van der Waals surface area contributed by atoms with Crippen LogP contribution in [0.15, 0.2) is 12.1 Å². The topological polar surface area (TPSA) is 43.4 Å². The van der Waals surface area contributed by atoms with Crippen LogP contribution in [0.2, 0.25) is 10.0 Å². The van der Waals surface area contributed by atoms with Crippen LogP contribution < -0.4 is 0 Å². The molecule has 15 heavy (non-hydrogen) atoms. The molecule has 0 saturated heterocycles. The third kappa shape index (κ3) is 3.95. The van der Waals surface area contributed by atoms with Crippen molar-refractivity contribution in [1.82, 2.24) is 0 Å². The summed E-state index contributed by atoms with van der Waals surface area (Å²) in [5, 5.41) is 0.0353. The first kappa shape index (κ1) is 12.7. The van der Waals surface area contributed by atoms with Crippen LogP contribution in [0.1, 0.15) is 5.56 Å². The summed E-state index contributed by atoms with van der Waals surface area (Å²) in [6.45, 7) is -0.314. The quantitative estimate of drug-likeness (QED) is 0.628. The van der Waals surface area contributed by atoms with Gasteiger partial charge in [-0.2, -0.15) is 8.42 Å². The molecule has 3 nitrogen and oxygen atoms in total. The van der Waals surface area contributed by atoms with Gasteiger partial charge >= 0.3 is 0 Å². The molecule has 0 atom stereocenters. The van der Waals surface area contributed by atoms with Crippen molar-refractivity contribution in [3.05, 3.63) is 33.6 Å². The zero-order valence-electron chi connectivity index (χ0n) is 7.63. The maximum Gasteiger partial charge on any atom is 0.264 e. The van der Waals surface area contributed by atoms with Crippen LogP contribution >= 0.6 is 23.2 Å². The zero-order valence-corrected chi connectivity index (χ0v) is 9.96. The Morgan fingerprint density at radius 1 is 1.33 bits per heavy atom. The first-order valence-corrected chi connectivity index (χ1v) is 6.34. The second-order valence-electron chi connectivity index (χ2n) is 2.82. The lowest BCUT2D eigenvalue weighted by Gasteiger charge is -2.05. The molecule has 0 aliphatic carbocycles. The van der Waals surface area contributed by atoms with Gasteiger partial charge in [-0.1, -0.05) is 23.2 Å². The molecule has 0 N–H and O–H groups in total. The van der Waals surface area contributed by atoms with Crippen molar-refractivity contribution in [2.45, 2.75) is 6.61 Å². The van der Waals surface area contributed by atoms with Gasteiger partial charge in [-0.25, -0.2) is 4.39 Å². The SMILES string of the molecule is CS(=O)(=O)OCc1cc(F)c(Cl)cc1Cl. The summed E-state index contributed by atoms with van der Waals surface area (Å²) in [5.41, 5.74) is 0.226. The van der Waals surface area contributed by atoms with Crippen molar-refractivity contribution >= 4 is 33.3 Å². The van der Waals surface area contributed by atoms with Gasteiger partial charge in [-0.05, 0) is 12.1 Å². The zero-order chi connectivity index (χ0) is 11.6. The number of hydrogen-bond donors (Lipinski definition) is 0. The van der Waals surface area contributed by atoms with Crippen LogP contribution in [-0.4, -0.2) is 14.7 Å². The minimum atomic E-state index is -3.58. The van der Waals surface area contributed by atoms with E-state index in [1.54, 1.807) is 0 Å². The Kier molecular flexibility index (Phi) is 3.94. The summed E-state index contributed by atoms with van der Waals surface area (Å²) in [7, 11) is -3.58. The van der Waals surface area contributed by atoms with E-state index in [0.29, 0.717) is 0 Å². The second-order valence-corrected chi connectivity index (χ2v) is 5.28. The van der Waals surface area contributed by atoms with Gasteiger partial charge in [0.25, 0.3) is 10.1 Å². The lowest BCUT2D eigenvalue weighted by molar-refractivity contribution is 0.311. The Morgan fingerprint density at radius 3 is 2.47 bits per heavy atom. The second kappa shape index (κ2) is 4.65. The summed E-state index contributed by atoms with van der Waals surface area (Å²) in [4.78, 5) is 0. The standard InChI is InChI=1S/C8H7Cl2FO3S/c1-15(12,13)14-4-5-2-8(11)7(10)3-6(5)9/h2-3H,4H2,1H3. The van der Waals surface area contributed by atoms with E-state index < -0.39 is 15.9 Å². The van der Waals surface area contributed by atoms with Crippen LogP contribution in [-0.2, 0) is 20.9 Å². The van der Waals surface area contributed by atoms with E-state index >= 15 is 0 Å². The minimum Gasteiger partial charge on any atom is -0.265 e. The van der Waals surface area contributed by atoms with Gasteiger partial charge < -0.3 is 0 Å². The molecule has 0 heterocycles. The van der Waals surface area contributed by atoms with E-state index in [1.807, 2.05) is 0 Å². The average molecular weight is 273 g/mol. The molecule has 0 radical (unpaired) electrons. The summed E-state index contributed by atoms with van der Waals surface area (Å²) in [6, 6.07) is 2.23. The summed E-state index contributed by atoms with van der Waals surface area (Å²) >= 11 is 11.2. The van der Waals surface area contributed by atoms with Gasteiger partial charge in [0, 0.05) is 10.6 Å². The normalized spacial score (nSPS) is 11.7.